The van der Waals surface area contributed by atoms with Gasteiger partial charge in [0, 0.05) is 12.8 Å². The average molecular weight is 286 g/mol. The second-order valence-corrected chi connectivity index (χ2v) is 5.30. The lowest BCUT2D eigenvalue weighted by molar-refractivity contribution is -0.144. The monoisotopic (exact) mass is 286 g/mol. The van der Waals surface area contributed by atoms with Crippen LogP contribution in [0.2, 0.25) is 0 Å². The summed E-state index contributed by atoms with van der Waals surface area (Å²) in [5.74, 6) is -1.00. The van der Waals surface area contributed by atoms with Crippen LogP contribution in [0, 0.1) is 0 Å². The van der Waals surface area contributed by atoms with Gasteiger partial charge in [0.25, 0.3) is 0 Å². The van der Waals surface area contributed by atoms with Crippen LogP contribution in [-0.2, 0) is 14.3 Å². The molecule has 0 amide bonds. The van der Waals surface area contributed by atoms with E-state index < -0.39 is 5.97 Å². The summed E-state index contributed by atoms with van der Waals surface area (Å²) in [6, 6.07) is 0. The van der Waals surface area contributed by atoms with Crippen LogP contribution in [0.25, 0.3) is 0 Å². The maximum Gasteiger partial charge on any atom is 0.305 e. The van der Waals surface area contributed by atoms with Gasteiger partial charge in [-0.2, -0.15) is 0 Å². The number of carboxylic acids is 1. The van der Waals surface area contributed by atoms with Gasteiger partial charge in [-0.25, -0.2) is 0 Å². The number of carbonyl (C=O) groups excluding carboxylic acids is 1. The number of esters is 1. The maximum atomic E-state index is 11.3. The molecule has 4 heteroatoms. The highest BCUT2D eigenvalue weighted by atomic mass is 16.5. The van der Waals surface area contributed by atoms with E-state index in [1.54, 1.807) is 0 Å². The van der Waals surface area contributed by atoms with Crippen molar-refractivity contribution in [3.63, 3.8) is 0 Å². The van der Waals surface area contributed by atoms with Crippen LogP contribution in [0.3, 0.4) is 0 Å². The number of unbranched alkanes of at least 4 members (excludes halogenated alkanes) is 8. The molecule has 0 spiro atoms. The highest BCUT2D eigenvalue weighted by Crippen LogP contribution is 2.08. The van der Waals surface area contributed by atoms with E-state index >= 15 is 0 Å². The molecular formula is C16H30O4. The van der Waals surface area contributed by atoms with E-state index in [2.05, 4.69) is 6.92 Å². The van der Waals surface area contributed by atoms with Crippen LogP contribution in [0.1, 0.15) is 84.0 Å². The molecule has 0 saturated carbocycles. The van der Waals surface area contributed by atoms with E-state index in [4.69, 9.17) is 9.84 Å². The number of hydrogen-bond acceptors (Lipinski definition) is 3. The van der Waals surface area contributed by atoms with Crippen molar-refractivity contribution in [1.82, 2.24) is 0 Å². The minimum Gasteiger partial charge on any atom is -0.481 e. The molecule has 0 aliphatic rings. The van der Waals surface area contributed by atoms with Gasteiger partial charge in [-0.1, -0.05) is 51.9 Å². The summed E-state index contributed by atoms with van der Waals surface area (Å²) in [7, 11) is 0. The fourth-order valence-electron chi connectivity index (χ4n) is 2.04. The topological polar surface area (TPSA) is 63.6 Å². The van der Waals surface area contributed by atoms with Gasteiger partial charge in [-0.05, 0) is 19.3 Å². The molecule has 0 fully saturated rings. The minimum atomic E-state index is -0.808. The summed E-state index contributed by atoms with van der Waals surface area (Å²) in [4.78, 5) is 21.6. The standard InChI is InChI=1S/C16H30O4/c1-2-3-4-5-6-7-8-11-14-20-16(19)13-10-9-12-15(17)18/h2-14H2,1H3,(H,17,18). The van der Waals surface area contributed by atoms with Crippen molar-refractivity contribution in [2.24, 2.45) is 0 Å². The van der Waals surface area contributed by atoms with Crippen LogP contribution in [0.4, 0.5) is 0 Å². The molecule has 0 aromatic carbocycles. The molecule has 0 aliphatic heterocycles. The molecule has 118 valence electrons. The van der Waals surface area contributed by atoms with E-state index in [-0.39, 0.29) is 12.4 Å². The lowest BCUT2D eigenvalue weighted by Crippen LogP contribution is -2.06. The van der Waals surface area contributed by atoms with E-state index in [0.29, 0.717) is 25.9 Å². The molecule has 0 aliphatic carbocycles. The van der Waals surface area contributed by atoms with Crippen LogP contribution in [0.5, 0.6) is 0 Å². The Balaban J connectivity index is 3.17. The van der Waals surface area contributed by atoms with E-state index in [9.17, 15) is 9.59 Å². The Hall–Kier alpha value is -1.06. The van der Waals surface area contributed by atoms with Gasteiger partial charge in [0.15, 0.2) is 0 Å². The van der Waals surface area contributed by atoms with Gasteiger partial charge in [-0.3, -0.25) is 9.59 Å². The van der Waals surface area contributed by atoms with Gasteiger partial charge < -0.3 is 9.84 Å². The van der Waals surface area contributed by atoms with Gasteiger partial charge in [0.2, 0.25) is 0 Å². The van der Waals surface area contributed by atoms with Gasteiger partial charge in [-0.15, -0.1) is 0 Å². The molecule has 0 saturated heterocycles. The highest BCUT2D eigenvalue weighted by Gasteiger charge is 2.03. The smallest absolute Gasteiger partial charge is 0.305 e. The predicted octanol–water partition coefficient (Wildman–Crippen LogP) is 4.32. The number of rotatable bonds is 14. The zero-order valence-corrected chi connectivity index (χ0v) is 12.9. The van der Waals surface area contributed by atoms with Crippen molar-refractivity contribution < 1.29 is 19.4 Å². The predicted molar refractivity (Wildman–Crippen MR) is 79.7 cm³/mol. The third kappa shape index (κ3) is 15.0. The minimum absolute atomic E-state index is 0.130. The quantitative estimate of drug-likeness (QED) is 0.381. The first-order valence-corrected chi connectivity index (χ1v) is 8.04. The molecule has 0 rings (SSSR count). The van der Waals surface area contributed by atoms with Crippen molar-refractivity contribution in [2.75, 3.05) is 6.61 Å². The first-order chi connectivity index (χ1) is 9.66. The number of ether oxygens (including phenoxy) is 1. The first kappa shape index (κ1) is 18.9. The summed E-state index contributed by atoms with van der Waals surface area (Å²) < 4.78 is 5.11. The molecule has 0 unspecified atom stereocenters. The second kappa shape index (κ2) is 14.4. The maximum absolute atomic E-state index is 11.3. The molecule has 0 bridgehead atoms. The average Bonchev–Trinajstić information content (AvgIpc) is 2.41. The van der Waals surface area contributed by atoms with Crippen LogP contribution < -0.4 is 0 Å². The normalized spacial score (nSPS) is 10.4. The first-order valence-electron chi connectivity index (χ1n) is 8.04. The lowest BCUT2D eigenvalue weighted by Gasteiger charge is -2.04. The number of carbonyl (C=O) groups is 2. The molecule has 20 heavy (non-hydrogen) atoms. The summed E-state index contributed by atoms with van der Waals surface area (Å²) in [6.07, 6.45) is 11.4. The molecular weight excluding hydrogens is 256 g/mol. The third-order valence-electron chi connectivity index (χ3n) is 3.28. The summed E-state index contributed by atoms with van der Waals surface area (Å²) in [6.45, 7) is 2.72. The molecule has 0 radical (unpaired) electrons. The van der Waals surface area contributed by atoms with E-state index in [1.165, 1.54) is 38.5 Å². The molecule has 0 aromatic rings. The van der Waals surface area contributed by atoms with Gasteiger partial charge in [0.1, 0.15) is 0 Å². The molecule has 0 atom stereocenters. The zero-order chi connectivity index (χ0) is 15.1. The zero-order valence-electron chi connectivity index (χ0n) is 12.9. The highest BCUT2D eigenvalue weighted by molar-refractivity contribution is 5.69. The SMILES string of the molecule is CCCCCCCCCCOC(=O)CCCCC(=O)O. The van der Waals surface area contributed by atoms with E-state index in [1.807, 2.05) is 0 Å². The fourth-order valence-corrected chi connectivity index (χ4v) is 2.04. The summed E-state index contributed by atoms with van der Waals surface area (Å²) in [5, 5.41) is 8.45. The number of hydrogen-bond donors (Lipinski definition) is 1. The summed E-state index contributed by atoms with van der Waals surface area (Å²) in [5.41, 5.74) is 0. The lowest BCUT2D eigenvalue weighted by atomic mass is 10.1. The van der Waals surface area contributed by atoms with Crippen molar-refractivity contribution in [3.05, 3.63) is 0 Å². The van der Waals surface area contributed by atoms with Crippen molar-refractivity contribution in [1.29, 1.82) is 0 Å². The number of aliphatic carboxylic acids is 1. The Morgan fingerprint density at radius 2 is 1.35 bits per heavy atom. The molecule has 4 nitrogen and oxygen atoms in total. The van der Waals surface area contributed by atoms with Gasteiger partial charge >= 0.3 is 11.9 Å². The fraction of sp³-hybridized carbons (Fsp3) is 0.875. The van der Waals surface area contributed by atoms with Crippen molar-refractivity contribution in [2.45, 2.75) is 84.0 Å². The Bertz CT molecular complexity index is 251. The van der Waals surface area contributed by atoms with Crippen LogP contribution in [0.15, 0.2) is 0 Å². The largest absolute Gasteiger partial charge is 0.481 e. The molecule has 0 heterocycles. The van der Waals surface area contributed by atoms with Crippen LogP contribution in [-0.4, -0.2) is 23.7 Å². The van der Waals surface area contributed by atoms with Crippen molar-refractivity contribution >= 4 is 11.9 Å². The Morgan fingerprint density at radius 1 is 0.800 bits per heavy atom. The van der Waals surface area contributed by atoms with E-state index in [0.717, 1.165) is 12.8 Å². The third-order valence-corrected chi connectivity index (χ3v) is 3.28. The Kier molecular flexibility index (Phi) is 13.6. The molecule has 1 N–H and O–H groups in total. The van der Waals surface area contributed by atoms with Crippen LogP contribution >= 0.6 is 0 Å². The summed E-state index contributed by atoms with van der Waals surface area (Å²) >= 11 is 0. The second-order valence-electron chi connectivity index (χ2n) is 5.30. The number of carboxylic acid groups (broad SMARTS) is 1. The van der Waals surface area contributed by atoms with Crippen molar-refractivity contribution in [3.8, 4) is 0 Å². The Labute approximate surface area is 122 Å². The molecule has 0 aromatic heterocycles. The van der Waals surface area contributed by atoms with Gasteiger partial charge in [0.05, 0.1) is 6.61 Å². The Morgan fingerprint density at radius 3 is 1.95 bits per heavy atom.